The summed E-state index contributed by atoms with van der Waals surface area (Å²) in [4.78, 5) is 4.18. The second kappa shape index (κ2) is 2.80. The van der Waals surface area contributed by atoms with Gasteiger partial charge in [0.1, 0.15) is 11.9 Å². The van der Waals surface area contributed by atoms with Gasteiger partial charge >= 0.3 is 0 Å². The fourth-order valence-corrected chi connectivity index (χ4v) is 1.53. The maximum Gasteiger partial charge on any atom is 0.263 e. The molecule has 0 bridgehead atoms. The summed E-state index contributed by atoms with van der Waals surface area (Å²) in [5.41, 5.74) is 0.836. The molecule has 12 heavy (non-hydrogen) atoms. The molecule has 2 aromatic rings. The third-order valence-electron chi connectivity index (χ3n) is 1.64. The number of hydrogen-bond donors (Lipinski definition) is 0. The Hall–Kier alpha value is -1.00. The molecule has 2 aromatic heterocycles. The van der Waals surface area contributed by atoms with Crippen molar-refractivity contribution < 1.29 is 4.55 Å². The van der Waals surface area contributed by atoms with Crippen LogP contribution in [-0.4, -0.2) is 20.2 Å². The van der Waals surface area contributed by atoms with Gasteiger partial charge in [0.25, 0.3) is 5.03 Å². The Kier molecular flexibility index (Phi) is 1.78. The van der Waals surface area contributed by atoms with Crippen LogP contribution in [0, 0.1) is 0 Å². The third kappa shape index (κ3) is 1.19. The van der Waals surface area contributed by atoms with Gasteiger partial charge in [0, 0.05) is 17.4 Å². The topological polar surface area (TPSA) is 40.4 Å². The molecule has 0 fully saturated rings. The predicted octanol–water partition coefficient (Wildman–Crippen LogP) is 1.07. The Morgan fingerprint density at radius 1 is 1.50 bits per heavy atom. The zero-order chi connectivity index (χ0) is 8.55. The van der Waals surface area contributed by atoms with Crippen molar-refractivity contribution in [2.24, 2.45) is 0 Å². The Bertz CT molecular complexity index is 364. The van der Waals surface area contributed by atoms with E-state index >= 15 is 0 Å². The van der Waals surface area contributed by atoms with Crippen molar-refractivity contribution in [3.8, 4) is 0 Å². The van der Waals surface area contributed by atoms with Gasteiger partial charge in [-0.2, -0.15) is 4.98 Å². The van der Waals surface area contributed by atoms with E-state index in [1.54, 1.807) is 12.5 Å². The molecule has 0 saturated heterocycles. The number of rotatable bonds is 1. The van der Waals surface area contributed by atoms with Gasteiger partial charge in [-0.15, -0.1) is 0 Å². The lowest BCUT2D eigenvalue weighted by Gasteiger charge is -1.95. The fourth-order valence-electron chi connectivity index (χ4n) is 1.05. The fraction of sp³-hybridized carbons (Fsp3) is 0.125. The van der Waals surface area contributed by atoms with E-state index in [1.165, 1.54) is 0 Å². The average Bonchev–Trinajstić information content (AvgIpc) is 2.46. The van der Waals surface area contributed by atoms with Crippen molar-refractivity contribution in [1.82, 2.24) is 9.38 Å². The molecule has 0 saturated carbocycles. The van der Waals surface area contributed by atoms with E-state index in [2.05, 4.69) is 4.98 Å². The van der Waals surface area contributed by atoms with Crippen LogP contribution in [0.5, 0.6) is 0 Å². The van der Waals surface area contributed by atoms with Crippen LogP contribution in [-0.2, 0) is 11.2 Å². The minimum atomic E-state index is -0.994. The molecule has 0 aliphatic heterocycles. The van der Waals surface area contributed by atoms with Gasteiger partial charge in [-0.25, -0.2) is 0 Å². The lowest BCUT2D eigenvalue weighted by Crippen LogP contribution is -1.96. The Balaban J connectivity index is 2.62. The highest BCUT2D eigenvalue weighted by Gasteiger charge is 2.08. The first-order chi connectivity index (χ1) is 5.77. The number of imidazole rings is 1. The summed E-state index contributed by atoms with van der Waals surface area (Å²) in [6.07, 6.45) is 5.30. The molecule has 4 heteroatoms. The number of pyridine rings is 1. The van der Waals surface area contributed by atoms with Crippen LogP contribution in [0.15, 0.2) is 35.6 Å². The quantitative estimate of drug-likeness (QED) is 0.616. The highest BCUT2D eigenvalue weighted by atomic mass is 32.2. The molecule has 2 rings (SSSR count). The van der Waals surface area contributed by atoms with Gasteiger partial charge in [0.15, 0.2) is 0 Å². The number of aromatic nitrogens is 2. The van der Waals surface area contributed by atoms with Crippen molar-refractivity contribution in [2.45, 2.75) is 5.03 Å². The van der Waals surface area contributed by atoms with Crippen molar-refractivity contribution in [2.75, 3.05) is 6.26 Å². The lowest BCUT2D eigenvalue weighted by molar-refractivity contribution is 0.598. The molecule has 0 spiro atoms. The highest BCUT2D eigenvalue weighted by Crippen LogP contribution is 2.09. The minimum absolute atomic E-state index is 0.626. The molecule has 0 aliphatic rings. The maximum absolute atomic E-state index is 11.1. The molecule has 62 valence electrons. The van der Waals surface area contributed by atoms with Crippen LogP contribution < -0.4 is 0 Å². The van der Waals surface area contributed by atoms with Crippen LogP contribution in [0.25, 0.3) is 5.65 Å². The van der Waals surface area contributed by atoms with E-state index in [-0.39, 0.29) is 0 Å². The molecule has 0 N–H and O–H groups in total. The van der Waals surface area contributed by atoms with Crippen LogP contribution in [0.1, 0.15) is 0 Å². The molecular weight excluding hydrogens is 172 g/mol. The second-order valence-corrected chi connectivity index (χ2v) is 3.83. The van der Waals surface area contributed by atoms with Crippen molar-refractivity contribution >= 4 is 16.8 Å². The van der Waals surface area contributed by atoms with Gasteiger partial charge < -0.3 is 8.95 Å². The minimum Gasteiger partial charge on any atom is -0.610 e. The molecule has 2 heterocycles. The maximum atomic E-state index is 11.1. The number of nitrogens with zero attached hydrogens (tertiary/aromatic N) is 2. The Morgan fingerprint density at radius 2 is 2.33 bits per heavy atom. The summed E-state index contributed by atoms with van der Waals surface area (Å²) in [6.45, 7) is 0. The van der Waals surface area contributed by atoms with Crippen LogP contribution in [0.4, 0.5) is 0 Å². The standard InChI is InChI=1S/C8H8N2OS/c1-12(11)8-6-10-5-3-2-4-7(10)9-8/h2-6H,1H3. The summed E-state index contributed by atoms with van der Waals surface area (Å²) in [5.74, 6) is 0. The van der Waals surface area contributed by atoms with Crippen LogP contribution >= 0.6 is 0 Å². The summed E-state index contributed by atoms with van der Waals surface area (Å²) in [6, 6.07) is 5.71. The zero-order valence-electron chi connectivity index (χ0n) is 6.60. The molecule has 1 unspecified atom stereocenters. The Labute approximate surface area is 73.2 Å². The molecule has 0 amide bonds. The summed E-state index contributed by atoms with van der Waals surface area (Å²) >= 11 is -0.994. The van der Waals surface area contributed by atoms with Gasteiger partial charge in [-0.1, -0.05) is 6.07 Å². The normalized spacial score (nSPS) is 13.5. The van der Waals surface area contributed by atoms with E-state index in [9.17, 15) is 4.55 Å². The van der Waals surface area contributed by atoms with E-state index in [1.807, 2.05) is 28.8 Å². The Morgan fingerprint density at radius 3 is 3.00 bits per heavy atom. The smallest absolute Gasteiger partial charge is 0.263 e. The first-order valence-electron chi connectivity index (χ1n) is 3.54. The molecule has 3 nitrogen and oxygen atoms in total. The largest absolute Gasteiger partial charge is 0.610 e. The molecule has 1 atom stereocenters. The first-order valence-corrected chi connectivity index (χ1v) is 5.10. The van der Waals surface area contributed by atoms with Crippen molar-refractivity contribution in [3.05, 3.63) is 30.6 Å². The monoisotopic (exact) mass is 180 g/mol. The highest BCUT2D eigenvalue weighted by molar-refractivity contribution is 7.90. The first kappa shape index (κ1) is 7.64. The van der Waals surface area contributed by atoms with Gasteiger partial charge in [0.05, 0.1) is 6.20 Å². The molecule has 0 radical (unpaired) electrons. The summed E-state index contributed by atoms with van der Waals surface area (Å²) in [7, 11) is 0. The van der Waals surface area contributed by atoms with E-state index < -0.39 is 11.2 Å². The second-order valence-electron chi connectivity index (χ2n) is 2.50. The SMILES string of the molecule is C[S+]([O-])c1cn2ccccc2n1. The van der Waals surface area contributed by atoms with Gasteiger partial charge in [-0.3, -0.25) is 0 Å². The van der Waals surface area contributed by atoms with E-state index in [0.29, 0.717) is 5.03 Å². The summed E-state index contributed by atoms with van der Waals surface area (Å²) < 4.78 is 12.9. The molecular formula is C8H8N2OS. The summed E-state index contributed by atoms with van der Waals surface area (Å²) in [5, 5.41) is 0.626. The van der Waals surface area contributed by atoms with E-state index in [4.69, 9.17) is 0 Å². The lowest BCUT2D eigenvalue weighted by atomic mass is 10.5. The third-order valence-corrected chi connectivity index (χ3v) is 2.42. The molecule has 0 aromatic carbocycles. The predicted molar refractivity (Wildman–Crippen MR) is 47.5 cm³/mol. The average molecular weight is 180 g/mol. The van der Waals surface area contributed by atoms with Crippen molar-refractivity contribution in [1.29, 1.82) is 0 Å². The number of hydrogen-bond acceptors (Lipinski definition) is 2. The van der Waals surface area contributed by atoms with Gasteiger partial charge in [0.2, 0.25) is 0 Å². The molecule has 0 aliphatic carbocycles. The number of fused-ring (bicyclic) bond motifs is 1. The van der Waals surface area contributed by atoms with Gasteiger partial charge in [-0.05, 0) is 12.1 Å². The van der Waals surface area contributed by atoms with Crippen LogP contribution in [0.3, 0.4) is 0 Å². The van der Waals surface area contributed by atoms with E-state index in [0.717, 1.165) is 5.65 Å². The van der Waals surface area contributed by atoms with Crippen molar-refractivity contribution in [3.63, 3.8) is 0 Å². The zero-order valence-corrected chi connectivity index (χ0v) is 7.41. The van der Waals surface area contributed by atoms with Crippen LogP contribution in [0.2, 0.25) is 0 Å².